The number of hydrogen-bond donors (Lipinski definition) is 1. The number of benzene rings is 1. The zero-order valence-corrected chi connectivity index (χ0v) is 16.7. The van der Waals surface area contributed by atoms with Crippen molar-refractivity contribution in [2.75, 3.05) is 5.32 Å². The molecule has 0 bridgehead atoms. The average molecular weight is 438 g/mol. The summed E-state index contributed by atoms with van der Waals surface area (Å²) in [7, 11) is 0. The molecular weight excluding hydrogens is 419 g/mol. The lowest BCUT2D eigenvalue weighted by molar-refractivity contribution is 0.0136. The van der Waals surface area contributed by atoms with Crippen molar-refractivity contribution in [3.05, 3.63) is 63.6 Å². The van der Waals surface area contributed by atoms with Crippen LogP contribution >= 0.6 is 0 Å². The first-order chi connectivity index (χ1) is 14.5. The lowest BCUT2D eigenvalue weighted by atomic mass is 10.0. The molecule has 2 heterocycles. The number of aromatic nitrogens is 3. The van der Waals surface area contributed by atoms with Gasteiger partial charge in [-0.2, -0.15) is 0 Å². The molecule has 0 unspecified atom stereocenters. The van der Waals surface area contributed by atoms with Crippen LogP contribution in [0.15, 0.2) is 35.3 Å². The van der Waals surface area contributed by atoms with E-state index in [9.17, 15) is 26.7 Å². The molecule has 1 fully saturated rings. The number of fused-ring (bicyclic) bond motifs is 1. The van der Waals surface area contributed by atoms with Crippen LogP contribution in [0.3, 0.4) is 0 Å². The van der Waals surface area contributed by atoms with Gasteiger partial charge in [0, 0.05) is 31.3 Å². The molecule has 0 radical (unpaired) electrons. The smallest absolute Gasteiger partial charge is 0.273 e. The summed E-state index contributed by atoms with van der Waals surface area (Å²) in [5, 5.41) is 3.17. The number of rotatable bonds is 6. The van der Waals surface area contributed by atoms with Gasteiger partial charge in [0.05, 0.1) is 16.5 Å². The minimum absolute atomic E-state index is 0.0111. The van der Waals surface area contributed by atoms with Gasteiger partial charge in [-0.1, -0.05) is 18.2 Å². The number of pyridine rings is 1. The van der Waals surface area contributed by atoms with Crippen molar-refractivity contribution in [3.8, 4) is 0 Å². The van der Waals surface area contributed by atoms with Gasteiger partial charge in [0.2, 0.25) is 0 Å². The molecule has 1 aromatic carbocycles. The lowest BCUT2D eigenvalue weighted by Gasteiger charge is -2.19. The van der Waals surface area contributed by atoms with E-state index in [0.717, 1.165) is 16.7 Å². The first kappa shape index (κ1) is 21.2. The van der Waals surface area contributed by atoms with Crippen LogP contribution in [0.25, 0.3) is 10.9 Å². The van der Waals surface area contributed by atoms with Crippen LogP contribution in [0.5, 0.6) is 0 Å². The molecule has 164 valence electrons. The van der Waals surface area contributed by atoms with Crippen molar-refractivity contribution in [2.45, 2.75) is 51.1 Å². The second-order valence-corrected chi connectivity index (χ2v) is 7.82. The quantitative estimate of drug-likeness (QED) is 0.566. The summed E-state index contributed by atoms with van der Waals surface area (Å²) >= 11 is 0. The molecular formula is C21H19F5N4O. The molecule has 4 rings (SSSR count). The predicted molar refractivity (Wildman–Crippen MR) is 105 cm³/mol. The zero-order chi connectivity index (χ0) is 22.6. The SMILES string of the molecule is Cc1nc(NCc2cccc(C(C)(F)F)c2F)c2cn(C3(C(F)F)CC3)c(=O)cc2n1. The van der Waals surface area contributed by atoms with E-state index in [1.165, 1.54) is 18.3 Å². The van der Waals surface area contributed by atoms with E-state index in [4.69, 9.17) is 0 Å². The summed E-state index contributed by atoms with van der Waals surface area (Å²) in [6, 6.07) is 4.87. The van der Waals surface area contributed by atoms with Gasteiger partial charge in [-0.25, -0.2) is 31.9 Å². The molecule has 1 aliphatic carbocycles. The number of nitrogens with zero attached hydrogens (tertiary/aromatic N) is 3. The van der Waals surface area contributed by atoms with Crippen molar-refractivity contribution in [1.82, 2.24) is 14.5 Å². The monoisotopic (exact) mass is 438 g/mol. The summed E-state index contributed by atoms with van der Waals surface area (Å²) in [5.74, 6) is -3.89. The molecule has 2 aromatic heterocycles. The van der Waals surface area contributed by atoms with Crippen LogP contribution in [0.1, 0.15) is 36.7 Å². The Hall–Kier alpha value is -3.04. The normalized spacial score (nSPS) is 15.5. The third-order valence-electron chi connectivity index (χ3n) is 5.49. The predicted octanol–water partition coefficient (Wildman–Crippen LogP) is 4.72. The van der Waals surface area contributed by atoms with Crippen molar-refractivity contribution in [1.29, 1.82) is 0 Å². The van der Waals surface area contributed by atoms with Crippen LogP contribution in [0.2, 0.25) is 0 Å². The van der Waals surface area contributed by atoms with Gasteiger partial charge >= 0.3 is 0 Å². The molecule has 31 heavy (non-hydrogen) atoms. The molecule has 3 aromatic rings. The number of nitrogens with one attached hydrogen (secondary N) is 1. The summed E-state index contributed by atoms with van der Waals surface area (Å²) < 4.78 is 69.9. The highest BCUT2D eigenvalue weighted by Crippen LogP contribution is 2.48. The number of halogens is 5. The summed E-state index contributed by atoms with van der Waals surface area (Å²) in [6.07, 6.45) is -1.08. The summed E-state index contributed by atoms with van der Waals surface area (Å²) in [4.78, 5) is 20.8. The summed E-state index contributed by atoms with van der Waals surface area (Å²) in [6.45, 7) is 2.01. The highest BCUT2D eigenvalue weighted by atomic mass is 19.3. The van der Waals surface area contributed by atoms with E-state index in [-0.39, 0.29) is 36.3 Å². The Morgan fingerprint density at radius 2 is 1.97 bits per heavy atom. The van der Waals surface area contributed by atoms with Crippen molar-refractivity contribution < 1.29 is 22.0 Å². The first-order valence-corrected chi connectivity index (χ1v) is 9.62. The van der Waals surface area contributed by atoms with E-state index >= 15 is 0 Å². The van der Waals surface area contributed by atoms with Crippen molar-refractivity contribution in [2.24, 2.45) is 0 Å². The maximum atomic E-state index is 14.6. The molecule has 0 aliphatic heterocycles. The van der Waals surface area contributed by atoms with Gasteiger partial charge in [0.1, 0.15) is 23.0 Å². The van der Waals surface area contributed by atoms with Crippen LogP contribution in [0, 0.1) is 12.7 Å². The number of alkyl halides is 4. The standard InChI is InChI=1S/C21H19F5N4O/c1-11-28-15-8-16(31)30(21(6-7-21)19(23)24)10-13(15)18(29-11)27-9-12-4-3-5-14(17(12)22)20(2,25)26/h3-5,8,10,19H,6-7,9H2,1-2H3,(H,27,28,29). The van der Waals surface area contributed by atoms with Crippen molar-refractivity contribution in [3.63, 3.8) is 0 Å². The molecule has 1 aliphatic rings. The van der Waals surface area contributed by atoms with Gasteiger partial charge in [0.15, 0.2) is 0 Å². The maximum absolute atomic E-state index is 14.6. The number of anilines is 1. The third kappa shape index (κ3) is 3.75. The second kappa shape index (κ2) is 7.28. The fourth-order valence-corrected chi connectivity index (χ4v) is 3.63. The molecule has 5 nitrogen and oxygen atoms in total. The number of hydrogen-bond acceptors (Lipinski definition) is 4. The van der Waals surface area contributed by atoms with Gasteiger partial charge in [-0.05, 0) is 19.8 Å². The van der Waals surface area contributed by atoms with Crippen LogP contribution in [-0.2, 0) is 18.0 Å². The largest absolute Gasteiger partial charge is 0.365 e. The minimum Gasteiger partial charge on any atom is -0.365 e. The van der Waals surface area contributed by atoms with E-state index in [0.29, 0.717) is 18.1 Å². The Bertz CT molecular complexity index is 1210. The van der Waals surface area contributed by atoms with E-state index in [1.54, 1.807) is 6.92 Å². The lowest BCUT2D eigenvalue weighted by Crippen LogP contribution is -2.35. The fourth-order valence-electron chi connectivity index (χ4n) is 3.63. The van der Waals surface area contributed by atoms with Crippen LogP contribution in [0.4, 0.5) is 27.8 Å². The molecule has 1 saturated carbocycles. The third-order valence-corrected chi connectivity index (χ3v) is 5.49. The van der Waals surface area contributed by atoms with E-state index in [1.807, 2.05) is 0 Å². The second-order valence-electron chi connectivity index (χ2n) is 7.82. The molecule has 0 amide bonds. The molecule has 0 saturated heterocycles. The van der Waals surface area contributed by atoms with Gasteiger partial charge < -0.3 is 9.88 Å². The average Bonchev–Trinajstić information content (AvgIpc) is 3.47. The van der Waals surface area contributed by atoms with Crippen molar-refractivity contribution >= 4 is 16.7 Å². The highest BCUT2D eigenvalue weighted by Gasteiger charge is 2.53. The van der Waals surface area contributed by atoms with E-state index in [2.05, 4.69) is 15.3 Å². The zero-order valence-electron chi connectivity index (χ0n) is 16.7. The van der Waals surface area contributed by atoms with Gasteiger partial charge in [0.25, 0.3) is 17.9 Å². The summed E-state index contributed by atoms with van der Waals surface area (Å²) in [5.41, 5.74) is -2.63. The Morgan fingerprint density at radius 1 is 1.26 bits per heavy atom. The number of aryl methyl sites for hydroxylation is 1. The van der Waals surface area contributed by atoms with Crippen LogP contribution in [-0.4, -0.2) is 21.0 Å². The Balaban J connectivity index is 1.74. The molecule has 0 atom stereocenters. The van der Waals surface area contributed by atoms with Crippen LogP contribution < -0.4 is 10.9 Å². The van der Waals surface area contributed by atoms with E-state index < -0.39 is 34.8 Å². The topological polar surface area (TPSA) is 59.8 Å². The molecule has 0 spiro atoms. The Kier molecular flexibility index (Phi) is 4.98. The van der Waals surface area contributed by atoms with Gasteiger partial charge in [-0.15, -0.1) is 0 Å². The minimum atomic E-state index is -3.35. The van der Waals surface area contributed by atoms with Gasteiger partial charge in [-0.3, -0.25) is 4.79 Å². The first-order valence-electron chi connectivity index (χ1n) is 9.62. The molecule has 1 N–H and O–H groups in total. The molecule has 10 heteroatoms. The highest BCUT2D eigenvalue weighted by molar-refractivity contribution is 5.88. The fraction of sp³-hybridized carbons (Fsp3) is 0.381. The Labute approximate surface area is 173 Å². The Morgan fingerprint density at radius 3 is 2.58 bits per heavy atom. The maximum Gasteiger partial charge on any atom is 0.273 e.